The molecule has 0 aromatic carbocycles. The van der Waals surface area contributed by atoms with Crippen molar-refractivity contribution in [2.45, 2.75) is 117 Å². The maximum absolute atomic E-state index is 7.09. The zero-order valence-corrected chi connectivity index (χ0v) is 24.3. The Hall–Kier alpha value is -0.176. The minimum Gasteiger partial charge on any atom is -0.415 e. The smallest absolute Gasteiger partial charge is 0.184 e. The second-order valence-electron chi connectivity index (χ2n) is 13.9. The van der Waals surface area contributed by atoms with Gasteiger partial charge in [-0.3, -0.25) is 0 Å². The lowest BCUT2D eigenvalue weighted by atomic mass is 9.44. The first-order valence-corrected chi connectivity index (χ1v) is 20.0. The normalized spacial score (nSPS) is 45.8. The first-order valence-electron chi connectivity index (χ1n) is 13.2. The van der Waals surface area contributed by atoms with Gasteiger partial charge in [0, 0.05) is 17.6 Å². The zero-order chi connectivity index (χ0) is 23.5. The largest absolute Gasteiger partial charge is 0.415 e. The first-order chi connectivity index (χ1) is 14.8. The Labute approximate surface area is 199 Å². The zero-order valence-electron chi connectivity index (χ0n) is 22.3. The molecule has 184 valence electrons. The minimum absolute atomic E-state index is 0.142. The van der Waals surface area contributed by atoms with Crippen LogP contribution in [0.1, 0.15) is 65.2 Å². The predicted octanol–water partition coefficient (Wildman–Crippen LogP) is 7.08. The fourth-order valence-corrected chi connectivity index (χ4v) is 10.9. The molecule has 0 spiro atoms. The molecule has 4 rings (SSSR count). The highest BCUT2D eigenvalue weighted by Gasteiger charge is 2.63. The molecule has 0 radical (unpaired) electrons. The third-order valence-corrected chi connectivity index (χ3v) is 11.5. The minimum atomic E-state index is -1.66. The van der Waals surface area contributed by atoms with Gasteiger partial charge in [-0.05, 0) is 120 Å². The summed E-state index contributed by atoms with van der Waals surface area (Å²) in [4.78, 5) is 5.31. The average molecular weight is 480 g/mol. The molecule has 4 fully saturated rings. The number of rotatable bonds is 5. The van der Waals surface area contributed by atoms with E-state index in [1.165, 1.54) is 44.2 Å². The number of nitrogens with zero attached hydrogens (tertiary/aromatic N) is 1. The summed E-state index contributed by atoms with van der Waals surface area (Å²) in [6.07, 6.45) is 10.9. The van der Waals surface area contributed by atoms with E-state index in [-0.39, 0.29) is 5.41 Å². The average Bonchev–Trinajstić information content (AvgIpc) is 2.95. The van der Waals surface area contributed by atoms with Crippen LogP contribution in [0.3, 0.4) is 0 Å². The van der Waals surface area contributed by atoms with Crippen molar-refractivity contribution >= 4 is 22.3 Å². The van der Waals surface area contributed by atoms with Gasteiger partial charge in [0.2, 0.25) is 0 Å². The summed E-state index contributed by atoms with van der Waals surface area (Å²) in [5, 5.41) is 4.55. The van der Waals surface area contributed by atoms with Gasteiger partial charge in [-0.25, -0.2) is 0 Å². The van der Waals surface area contributed by atoms with Gasteiger partial charge in [-0.2, -0.15) is 0 Å². The van der Waals surface area contributed by atoms with Crippen LogP contribution in [0.15, 0.2) is 5.16 Å². The van der Waals surface area contributed by atoms with Crippen molar-refractivity contribution < 1.29 is 13.7 Å². The summed E-state index contributed by atoms with van der Waals surface area (Å²) in [6.45, 7) is 19.3. The van der Waals surface area contributed by atoms with Gasteiger partial charge < -0.3 is 13.7 Å². The quantitative estimate of drug-likeness (QED) is 0.312. The van der Waals surface area contributed by atoms with Crippen LogP contribution in [-0.4, -0.2) is 41.7 Å². The van der Waals surface area contributed by atoms with E-state index in [1.54, 1.807) is 7.11 Å². The first kappa shape index (κ1) is 24.9. The molecule has 0 saturated heterocycles. The number of hydrogen-bond acceptors (Lipinski definition) is 4. The summed E-state index contributed by atoms with van der Waals surface area (Å²) in [7, 11) is -1.45. The van der Waals surface area contributed by atoms with Gasteiger partial charge in [-0.15, -0.1) is 0 Å². The summed E-state index contributed by atoms with van der Waals surface area (Å²) in [5.41, 5.74) is 1.82. The van der Waals surface area contributed by atoms with Gasteiger partial charge in [0.25, 0.3) is 0 Å². The van der Waals surface area contributed by atoms with Crippen LogP contribution in [0.4, 0.5) is 0 Å². The Morgan fingerprint density at radius 1 is 0.906 bits per heavy atom. The number of fused-ring (bicyclic) bond motifs is 5. The molecule has 4 nitrogen and oxygen atoms in total. The lowest BCUT2D eigenvalue weighted by molar-refractivity contribution is -0.157. The maximum atomic E-state index is 7.09. The standard InChI is InChI=1S/C26H49NO3Si2/c1-25-15-14-19(29-31(4,5)6)16-18(25)10-11-20-21-12-13-23(27-28-3)26(21,2)17-22(24(20)25)30-32(7,8)9/h18-22,24H,10-17H2,1-9H3/b27-23+/t18?,19-,20?,21?,22+,24?,25+,26+/m1/s1. The van der Waals surface area contributed by atoms with Crippen LogP contribution in [0.5, 0.6) is 0 Å². The molecule has 8 atom stereocenters. The third kappa shape index (κ3) is 4.55. The van der Waals surface area contributed by atoms with Crippen LogP contribution in [0.25, 0.3) is 0 Å². The van der Waals surface area contributed by atoms with Crippen LogP contribution < -0.4 is 0 Å². The second-order valence-corrected chi connectivity index (χ2v) is 22.8. The van der Waals surface area contributed by atoms with Crippen LogP contribution in [-0.2, 0) is 13.7 Å². The summed E-state index contributed by atoms with van der Waals surface area (Å²) in [5.74, 6) is 2.96. The highest BCUT2D eigenvalue weighted by molar-refractivity contribution is 6.70. The van der Waals surface area contributed by atoms with E-state index in [4.69, 9.17) is 13.7 Å². The van der Waals surface area contributed by atoms with E-state index >= 15 is 0 Å². The molecule has 0 aromatic rings. The van der Waals surface area contributed by atoms with Gasteiger partial charge in [0.1, 0.15) is 7.11 Å². The Balaban J connectivity index is 1.65. The van der Waals surface area contributed by atoms with E-state index in [0.717, 1.165) is 30.6 Å². The molecule has 4 saturated carbocycles. The van der Waals surface area contributed by atoms with Crippen molar-refractivity contribution in [3.8, 4) is 0 Å². The second kappa shape index (κ2) is 8.49. The van der Waals surface area contributed by atoms with E-state index in [9.17, 15) is 0 Å². The van der Waals surface area contributed by atoms with Gasteiger partial charge in [0.15, 0.2) is 16.6 Å². The molecule has 0 aliphatic heterocycles. The highest BCUT2D eigenvalue weighted by atomic mass is 28.4. The lowest BCUT2D eigenvalue weighted by Gasteiger charge is -2.63. The van der Waals surface area contributed by atoms with E-state index in [0.29, 0.717) is 23.5 Å². The number of hydrogen-bond donors (Lipinski definition) is 0. The summed E-state index contributed by atoms with van der Waals surface area (Å²) < 4.78 is 13.7. The fraction of sp³-hybridized carbons (Fsp3) is 0.962. The molecule has 0 heterocycles. The topological polar surface area (TPSA) is 40.0 Å². The van der Waals surface area contributed by atoms with Crippen molar-refractivity contribution in [1.29, 1.82) is 0 Å². The van der Waals surface area contributed by atoms with Crippen LogP contribution in [0.2, 0.25) is 39.3 Å². The Kier molecular flexibility index (Phi) is 6.62. The molecule has 0 aromatic heterocycles. The third-order valence-electron chi connectivity index (χ3n) is 9.50. The highest BCUT2D eigenvalue weighted by Crippen LogP contribution is 2.66. The molecular weight excluding hydrogens is 430 g/mol. The van der Waals surface area contributed by atoms with Crippen molar-refractivity contribution in [3.05, 3.63) is 0 Å². The molecule has 6 heteroatoms. The van der Waals surface area contributed by atoms with Gasteiger partial charge >= 0.3 is 0 Å². The summed E-state index contributed by atoms with van der Waals surface area (Å²) in [6, 6.07) is 0. The van der Waals surface area contributed by atoms with Crippen molar-refractivity contribution in [3.63, 3.8) is 0 Å². The van der Waals surface area contributed by atoms with E-state index < -0.39 is 16.6 Å². The molecule has 0 bridgehead atoms. The van der Waals surface area contributed by atoms with Crippen LogP contribution in [0, 0.1) is 34.5 Å². The van der Waals surface area contributed by atoms with E-state index in [1.807, 2.05) is 0 Å². The fourth-order valence-electron chi connectivity index (χ4n) is 8.53. The molecule has 4 unspecified atom stereocenters. The molecule has 0 N–H and O–H groups in total. The molecule has 4 aliphatic rings. The maximum Gasteiger partial charge on any atom is 0.184 e. The van der Waals surface area contributed by atoms with Gasteiger partial charge in [-0.1, -0.05) is 19.0 Å². The Morgan fingerprint density at radius 3 is 2.22 bits per heavy atom. The number of oxime groups is 1. The van der Waals surface area contributed by atoms with Crippen LogP contribution >= 0.6 is 0 Å². The molecule has 4 aliphatic carbocycles. The molecule has 0 amide bonds. The Bertz CT molecular complexity index is 730. The molecular formula is C26H49NO3Si2. The molecule has 32 heavy (non-hydrogen) atoms. The SMILES string of the molecule is CO/N=C1\CCC2C3CCC4C[C@H](O[Si](C)(C)C)CC[C@]4(C)C3[C@@H](O[Si](C)(C)C)C[C@]12C. The Morgan fingerprint density at radius 2 is 1.59 bits per heavy atom. The van der Waals surface area contributed by atoms with Crippen molar-refractivity contribution in [1.82, 2.24) is 0 Å². The summed E-state index contributed by atoms with van der Waals surface area (Å²) >= 11 is 0. The van der Waals surface area contributed by atoms with Gasteiger partial charge in [0.05, 0.1) is 5.71 Å². The van der Waals surface area contributed by atoms with Crippen molar-refractivity contribution in [2.75, 3.05) is 7.11 Å². The van der Waals surface area contributed by atoms with Crippen molar-refractivity contribution in [2.24, 2.45) is 39.7 Å². The van der Waals surface area contributed by atoms with E-state index in [2.05, 4.69) is 58.3 Å². The predicted molar refractivity (Wildman–Crippen MR) is 138 cm³/mol. The lowest BCUT2D eigenvalue weighted by Crippen LogP contribution is -2.61. The monoisotopic (exact) mass is 479 g/mol.